The Labute approximate surface area is 71.9 Å². The lowest BCUT2D eigenvalue weighted by Gasteiger charge is -2.32. The first-order chi connectivity index (χ1) is 5.85. The zero-order valence-electron chi connectivity index (χ0n) is 6.56. The summed E-state index contributed by atoms with van der Waals surface area (Å²) in [5.74, 6) is -1.72. The molecule has 1 saturated carbocycles. The van der Waals surface area contributed by atoms with E-state index in [0.29, 0.717) is 0 Å². The number of rotatable bonds is 1. The summed E-state index contributed by atoms with van der Waals surface area (Å²) >= 11 is 0. The minimum Gasteiger partial charge on any atom is -0.480 e. The molecule has 0 radical (unpaired) electrons. The number of halogens is 3. The van der Waals surface area contributed by atoms with E-state index in [-0.39, 0.29) is 12.8 Å². The molecular weight excluding hydrogens is 187 g/mol. The van der Waals surface area contributed by atoms with Gasteiger partial charge in [-0.25, -0.2) is 0 Å². The predicted molar refractivity (Wildman–Crippen MR) is 36.1 cm³/mol. The lowest BCUT2D eigenvalue weighted by molar-refractivity contribution is -0.157. The zero-order valence-corrected chi connectivity index (χ0v) is 6.56. The summed E-state index contributed by atoms with van der Waals surface area (Å²) in [7, 11) is 0. The maximum Gasteiger partial charge on any atom is 0.404 e. The molecule has 13 heavy (non-hydrogen) atoms. The maximum atomic E-state index is 12.2. The monoisotopic (exact) mass is 195 g/mol. The molecule has 2 bridgehead atoms. The second-order valence-electron chi connectivity index (χ2n) is 3.72. The van der Waals surface area contributed by atoms with E-state index in [9.17, 15) is 18.0 Å². The third-order valence-corrected chi connectivity index (χ3v) is 2.89. The molecule has 0 aromatic rings. The molecule has 0 aromatic heterocycles. The predicted octanol–water partition coefficient (Wildman–Crippen LogP) is 0.754. The van der Waals surface area contributed by atoms with Crippen molar-refractivity contribution in [3.8, 4) is 0 Å². The van der Waals surface area contributed by atoms with E-state index in [2.05, 4.69) is 5.32 Å². The number of fused-ring (bicyclic) bond motifs is 1. The molecule has 0 amide bonds. The molecule has 3 nitrogen and oxygen atoms in total. The Morgan fingerprint density at radius 3 is 2.23 bits per heavy atom. The molecule has 2 aliphatic heterocycles. The third kappa shape index (κ3) is 1.04. The Kier molecular flexibility index (Phi) is 1.47. The molecule has 3 fully saturated rings. The fraction of sp³-hybridized carbons (Fsp3) is 0.857. The van der Waals surface area contributed by atoms with Crippen LogP contribution in [-0.2, 0) is 4.79 Å². The molecule has 0 aromatic carbocycles. The first kappa shape index (κ1) is 8.80. The van der Waals surface area contributed by atoms with Gasteiger partial charge in [0.25, 0.3) is 0 Å². The van der Waals surface area contributed by atoms with Crippen LogP contribution in [-0.4, -0.2) is 28.8 Å². The highest BCUT2D eigenvalue weighted by Gasteiger charge is 2.66. The Balaban J connectivity index is 2.14. The third-order valence-electron chi connectivity index (χ3n) is 2.89. The Morgan fingerprint density at radius 2 is 2.00 bits per heavy atom. The Bertz CT molecular complexity index is 257. The lowest BCUT2D eigenvalue weighted by Crippen LogP contribution is -2.51. The number of hydrogen-bond acceptors (Lipinski definition) is 2. The number of nitrogens with one attached hydrogen (secondary N) is 1. The van der Waals surface area contributed by atoms with Gasteiger partial charge in [0.2, 0.25) is 0 Å². The second-order valence-corrected chi connectivity index (χ2v) is 3.72. The molecular formula is C7H8F3NO2. The van der Waals surface area contributed by atoms with Crippen LogP contribution < -0.4 is 5.32 Å². The molecule has 2 saturated heterocycles. The van der Waals surface area contributed by atoms with E-state index < -0.39 is 29.6 Å². The van der Waals surface area contributed by atoms with E-state index in [4.69, 9.17) is 5.11 Å². The van der Waals surface area contributed by atoms with E-state index in [1.165, 1.54) is 0 Å². The molecule has 1 unspecified atom stereocenters. The quantitative estimate of drug-likeness (QED) is 0.649. The largest absolute Gasteiger partial charge is 0.480 e. The summed E-state index contributed by atoms with van der Waals surface area (Å²) in [5, 5.41) is 10.8. The highest BCUT2D eigenvalue weighted by molar-refractivity contribution is 5.81. The van der Waals surface area contributed by atoms with Gasteiger partial charge in [0.15, 0.2) is 0 Å². The van der Waals surface area contributed by atoms with Gasteiger partial charge in [-0.1, -0.05) is 0 Å². The van der Waals surface area contributed by atoms with Crippen molar-refractivity contribution in [1.82, 2.24) is 5.32 Å². The van der Waals surface area contributed by atoms with Crippen molar-refractivity contribution in [2.75, 3.05) is 0 Å². The van der Waals surface area contributed by atoms with Gasteiger partial charge in [-0.15, -0.1) is 0 Å². The van der Waals surface area contributed by atoms with Crippen molar-refractivity contribution in [3.05, 3.63) is 0 Å². The smallest absolute Gasteiger partial charge is 0.404 e. The minimum absolute atomic E-state index is 0.104. The number of alkyl halides is 3. The van der Waals surface area contributed by atoms with E-state index in [0.717, 1.165) is 0 Å². The van der Waals surface area contributed by atoms with Crippen LogP contribution in [0.2, 0.25) is 0 Å². The van der Waals surface area contributed by atoms with Crippen LogP contribution in [0.3, 0.4) is 0 Å². The molecule has 0 spiro atoms. The summed E-state index contributed by atoms with van der Waals surface area (Å²) in [6, 6.07) is -1.62. The molecule has 2 heterocycles. The average molecular weight is 195 g/mol. The van der Waals surface area contributed by atoms with Crippen LogP contribution >= 0.6 is 0 Å². The van der Waals surface area contributed by atoms with E-state index in [1.807, 2.05) is 0 Å². The fourth-order valence-electron chi connectivity index (χ4n) is 2.19. The van der Waals surface area contributed by atoms with Crippen molar-refractivity contribution in [2.45, 2.75) is 30.6 Å². The number of aliphatic carboxylic acids is 1. The molecule has 1 atom stereocenters. The number of carboxylic acids is 1. The Hall–Kier alpha value is -0.780. The highest BCUT2D eigenvalue weighted by Crippen LogP contribution is 2.51. The van der Waals surface area contributed by atoms with Gasteiger partial charge in [-0.2, -0.15) is 13.2 Å². The summed E-state index contributed by atoms with van der Waals surface area (Å²) in [6.45, 7) is 0. The summed E-state index contributed by atoms with van der Waals surface area (Å²) in [4.78, 5) is 10.6. The Morgan fingerprint density at radius 1 is 1.46 bits per heavy atom. The topological polar surface area (TPSA) is 49.3 Å². The summed E-state index contributed by atoms with van der Waals surface area (Å²) in [6.07, 6.45) is -4.11. The van der Waals surface area contributed by atoms with Crippen molar-refractivity contribution >= 4 is 5.97 Å². The SMILES string of the molecule is O=C(O)C12CC(C1)C(C(F)(F)F)N2. The van der Waals surface area contributed by atoms with Crippen molar-refractivity contribution < 1.29 is 23.1 Å². The number of carbonyl (C=O) groups is 1. The van der Waals surface area contributed by atoms with Crippen LogP contribution in [0.15, 0.2) is 0 Å². The minimum atomic E-state index is -4.32. The van der Waals surface area contributed by atoms with Gasteiger partial charge >= 0.3 is 12.1 Å². The molecule has 74 valence electrons. The number of carboxylic acid groups (broad SMARTS) is 1. The standard InChI is InChI=1S/C7H8F3NO2/c8-7(9,10)4-3-1-6(2-3,11-4)5(12)13/h3-4,11H,1-2H2,(H,12,13). The van der Waals surface area contributed by atoms with Gasteiger partial charge in [0, 0.05) is 0 Å². The fourth-order valence-corrected chi connectivity index (χ4v) is 2.19. The van der Waals surface area contributed by atoms with Crippen LogP contribution in [0, 0.1) is 5.92 Å². The van der Waals surface area contributed by atoms with Crippen LogP contribution in [0.5, 0.6) is 0 Å². The molecule has 2 N–H and O–H groups in total. The first-order valence-electron chi connectivity index (χ1n) is 3.93. The van der Waals surface area contributed by atoms with Crippen molar-refractivity contribution in [1.29, 1.82) is 0 Å². The van der Waals surface area contributed by atoms with Crippen LogP contribution in [0.1, 0.15) is 12.8 Å². The van der Waals surface area contributed by atoms with E-state index >= 15 is 0 Å². The number of hydrogen-bond donors (Lipinski definition) is 2. The second kappa shape index (κ2) is 2.17. The van der Waals surface area contributed by atoms with Gasteiger partial charge in [0.05, 0.1) is 0 Å². The van der Waals surface area contributed by atoms with Gasteiger partial charge < -0.3 is 5.11 Å². The summed E-state index contributed by atoms with van der Waals surface area (Å²) < 4.78 is 36.6. The van der Waals surface area contributed by atoms with Crippen LogP contribution in [0.4, 0.5) is 13.2 Å². The van der Waals surface area contributed by atoms with Crippen molar-refractivity contribution in [3.63, 3.8) is 0 Å². The van der Waals surface area contributed by atoms with Gasteiger partial charge in [0.1, 0.15) is 11.6 Å². The normalized spacial score (nSPS) is 43.0. The lowest BCUT2D eigenvalue weighted by atomic mass is 9.72. The highest BCUT2D eigenvalue weighted by atomic mass is 19.4. The van der Waals surface area contributed by atoms with Gasteiger partial charge in [-0.05, 0) is 18.8 Å². The maximum absolute atomic E-state index is 12.2. The molecule has 1 aliphatic carbocycles. The molecule has 3 rings (SSSR count). The summed E-state index contributed by atoms with van der Waals surface area (Å²) in [5.41, 5.74) is -1.29. The van der Waals surface area contributed by atoms with E-state index in [1.54, 1.807) is 0 Å². The molecule has 6 heteroatoms. The molecule has 3 aliphatic rings. The first-order valence-corrected chi connectivity index (χ1v) is 3.93. The average Bonchev–Trinajstić information content (AvgIpc) is 2.33. The zero-order chi connectivity index (χ0) is 9.85. The van der Waals surface area contributed by atoms with Gasteiger partial charge in [-0.3, -0.25) is 10.1 Å². The van der Waals surface area contributed by atoms with Crippen molar-refractivity contribution in [2.24, 2.45) is 5.92 Å². The van der Waals surface area contributed by atoms with Crippen LogP contribution in [0.25, 0.3) is 0 Å².